The van der Waals surface area contributed by atoms with E-state index >= 15 is 0 Å². The average molecular weight is 391 g/mol. The molecule has 7 heteroatoms. The molecule has 6 nitrogen and oxygen atoms in total. The summed E-state index contributed by atoms with van der Waals surface area (Å²) in [5.74, 6) is 1.52. The predicted octanol–water partition coefficient (Wildman–Crippen LogP) is 2.39. The highest BCUT2D eigenvalue weighted by Gasteiger charge is 2.29. The Balaban J connectivity index is 1.53. The highest BCUT2D eigenvalue weighted by Crippen LogP contribution is 2.24. The Hall–Kier alpha value is -2.09. The van der Waals surface area contributed by atoms with Gasteiger partial charge in [-0.1, -0.05) is 18.2 Å². The molecule has 0 unspecified atom stereocenters. The second-order valence-corrected chi connectivity index (χ2v) is 8.45. The van der Waals surface area contributed by atoms with Crippen molar-refractivity contribution < 1.29 is 17.9 Å². The minimum atomic E-state index is -3.48. The van der Waals surface area contributed by atoms with Crippen LogP contribution in [-0.2, 0) is 10.0 Å². The molecule has 0 amide bonds. The lowest BCUT2D eigenvalue weighted by Gasteiger charge is -2.34. The van der Waals surface area contributed by atoms with Crippen molar-refractivity contribution in [3.05, 3.63) is 54.1 Å². The Morgan fingerprint density at radius 1 is 0.963 bits per heavy atom. The van der Waals surface area contributed by atoms with E-state index < -0.39 is 10.0 Å². The molecule has 0 N–H and O–H groups in total. The van der Waals surface area contributed by atoms with E-state index in [4.69, 9.17) is 9.47 Å². The van der Waals surface area contributed by atoms with Crippen molar-refractivity contribution in [3.8, 4) is 11.5 Å². The quantitative estimate of drug-likeness (QED) is 0.727. The molecule has 0 saturated carbocycles. The van der Waals surface area contributed by atoms with Gasteiger partial charge in [0, 0.05) is 32.7 Å². The van der Waals surface area contributed by atoms with Gasteiger partial charge >= 0.3 is 0 Å². The largest absolute Gasteiger partial charge is 0.497 e. The van der Waals surface area contributed by atoms with E-state index in [-0.39, 0.29) is 0 Å². The van der Waals surface area contributed by atoms with E-state index in [9.17, 15) is 8.42 Å². The number of rotatable bonds is 7. The number of hydrogen-bond acceptors (Lipinski definition) is 5. The van der Waals surface area contributed by atoms with Gasteiger partial charge in [-0.15, -0.1) is 0 Å². The highest BCUT2D eigenvalue weighted by molar-refractivity contribution is 7.89. The van der Waals surface area contributed by atoms with Gasteiger partial charge in [0.25, 0.3) is 0 Å². The molecule has 1 heterocycles. The molecule has 0 aliphatic carbocycles. The van der Waals surface area contributed by atoms with Crippen LogP contribution in [-0.4, -0.2) is 64.1 Å². The first-order valence-corrected chi connectivity index (χ1v) is 10.5. The Morgan fingerprint density at radius 3 is 2.30 bits per heavy atom. The van der Waals surface area contributed by atoms with Crippen LogP contribution in [0.25, 0.3) is 0 Å². The zero-order valence-corrected chi connectivity index (χ0v) is 16.6. The fourth-order valence-corrected chi connectivity index (χ4v) is 4.81. The lowest BCUT2D eigenvalue weighted by Crippen LogP contribution is -2.49. The molecule has 2 aromatic carbocycles. The van der Waals surface area contributed by atoms with E-state index in [2.05, 4.69) is 4.90 Å². The van der Waals surface area contributed by atoms with Crippen molar-refractivity contribution in [2.75, 3.05) is 46.4 Å². The Labute approximate surface area is 161 Å². The molecule has 1 aliphatic rings. The van der Waals surface area contributed by atoms with E-state index in [1.54, 1.807) is 36.5 Å². The van der Waals surface area contributed by atoms with Crippen LogP contribution in [0.4, 0.5) is 0 Å². The van der Waals surface area contributed by atoms with Crippen LogP contribution in [0.5, 0.6) is 11.5 Å². The number of nitrogens with zero attached hydrogens (tertiary/aromatic N) is 2. The average Bonchev–Trinajstić information content (AvgIpc) is 2.69. The number of piperazine rings is 1. The monoisotopic (exact) mass is 390 g/mol. The first-order valence-electron chi connectivity index (χ1n) is 9.06. The second kappa shape index (κ2) is 8.73. The number of ether oxygens (including phenoxy) is 2. The molecule has 0 spiro atoms. The van der Waals surface area contributed by atoms with Crippen molar-refractivity contribution in [3.63, 3.8) is 0 Å². The molecule has 3 rings (SSSR count). The number of aryl methyl sites for hydroxylation is 1. The zero-order chi connectivity index (χ0) is 19.3. The third-order valence-corrected chi connectivity index (χ3v) is 6.81. The van der Waals surface area contributed by atoms with Crippen LogP contribution in [0, 0.1) is 6.92 Å². The summed E-state index contributed by atoms with van der Waals surface area (Å²) in [4.78, 5) is 2.58. The summed E-state index contributed by atoms with van der Waals surface area (Å²) in [6.07, 6.45) is 0. The summed E-state index contributed by atoms with van der Waals surface area (Å²) in [5, 5.41) is 0. The van der Waals surface area contributed by atoms with Crippen LogP contribution in [0.15, 0.2) is 53.4 Å². The molecule has 0 aromatic heterocycles. The molecule has 1 fully saturated rings. The summed E-state index contributed by atoms with van der Waals surface area (Å²) in [5.41, 5.74) is 0.702. The minimum Gasteiger partial charge on any atom is -0.497 e. The van der Waals surface area contributed by atoms with Gasteiger partial charge in [-0.25, -0.2) is 8.42 Å². The SMILES string of the molecule is COc1ccc(S(=O)(=O)N2CCN(CCOc3ccccc3)CC2)c(C)c1. The summed E-state index contributed by atoms with van der Waals surface area (Å²) in [7, 11) is -1.91. The van der Waals surface area contributed by atoms with Gasteiger partial charge in [0.15, 0.2) is 0 Å². The van der Waals surface area contributed by atoms with Crippen molar-refractivity contribution in [2.24, 2.45) is 0 Å². The number of methoxy groups -OCH3 is 1. The van der Waals surface area contributed by atoms with Crippen molar-refractivity contribution >= 4 is 10.0 Å². The first-order chi connectivity index (χ1) is 13.0. The summed E-state index contributed by atoms with van der Waals surface area (Å²) >= 11 is 0. The molecular formula is C20H26N2O4S. The van der Waals surface area contributed by atoms with Crippen LogP contribution in [0.3, 0.4) is 0 Å². The molecule has 0 atom stereocenters. The summed E-state index contributed by atoms with van der Waals surface area (Å²) in [6, 6.07) is 14.8. The Kier molecular flexibility index (Phi) is 6.36. The van der Waals surface area contributed by atoms with Gasteiger partial charge in [-0.05, 0) is 42.8 Å². The smallest absolute Gasteiger partial charge is 0.243 e. The standard InChI is InChI=1S/C20H26N2O4S/c1-17-16-19(25-2)8-9-20(17)27(23,24)22-12-10-21(11-13-22)14-15-26-18-6-4-3-5-7-18/h3-9,16H,10-15H2,1-2H3. The van der Waals surface area contributed by atoms with Crippen LogP contribution < -0.4 is 9.47 Å². The predicted molar refractivity (Wildman–Crippen MR) is 105 cm³/mol. The molecular weight excluding hydrogens is 364 g/mol. The second-order valence-electron chi connectivity index (χ2n) is 6.54. The summed E-state index contributed by atoms with van der Waals surface area (Å²) in [6.45, 7) is 5.54. The number of benzene rings is 2. The Morgan fingerprint density at radius 2 is 1.67 bits per heavy atom. The van der Waals surface area contributed by atoms with Gasteiger partial charge < -0.3 is 9.47 Å². The van der Waals surface area contributed by atoms with Gasteiger partial charge in [0.05, 0.1) is 12.0 Å². The van der Waals surface area contributed by atoms with Crippen molar-refractivity contribution in [1.29, 1.82) is 0 Å². The molecule has 0 radical (unpaired) electrons. The third kappa shape index (κ3) is 4.80. The van der Waals surface area contributed by atoms with E-state index in [0.29, 0.717) is 49.0 Å². The molecule has 146 valence electrons. The van der Waals surface area contributed by atoms with Gasteiger partial charge in [0.2, 0.25) is 10.0 Å². The van der Waals surface area contributed by atoms with Gasteiger partial charge in [0.1, 0.15) is 18.1 Å². The normalized spacial score (nSPS) is 16.2. The molecule has 0 bridgehead atoms. The topological polar surface area (TPSA) is 59.1 Å². The van der Waals surface area contributed by atoms with Gasteiger partial charge in [-0.2, -0.15) is 4.31 Å². The van der Waals surface area contributed by atoms with Crippen LogP contribution >= 0.6 is 0 Å². The summed E-state index contributed by atoms with van der Waals surface area (Å²) < 4.78 is 38.4. The van der Waals surface area contributed by atoms with Crippen LogP contribution in [0.2, 0.25) is 0 Å². The third-order valence-electron chi connectivity index (χ3n) is 4.75. The van der Waals surface area contributed by atoms with E-state index in [1.807, 2.05) is 30.3 Å². The zero-order valence-electron chi connectivity index (χ0n) is 15.8. The fraction of sp³-hybridized carbons (Fsp3) is 0.400. The molecule has 1 saturated heterocycles. The molecule has 1 aliphatic heterocycles. The highest BCUT2D eigenvalue weighted by atomic mass is 32.2. The Bertz CT molecular complexity index is 848. The maximum absolute atomic E-state index is 13.0. The van der Waals surface area contributed by atoms with Crippen molar-refractivity contribution in [2.45, 2.75) is 11.8 Å². The van der Waals surface area contributed by atoms with E-state index in [0.717, 1.165) is 12.3 Å². The molecule has 2 aromatic rings. The minimum absolute atomic E-state index is 0.351. The van der Waals surface area contributed by atoms with Crippen molar-refractivity contribution in [1.82, 2.24) is 9.21 Å². The first kappa shape index (κ1) is 19.7. The number of hydrogen-bond donors (Lipinski definition) is 0. The fourth-order valence-electron chi connectivity index (χ4n) is 3.18. The van der Waals surface area contributed by atoms with Gasteiger partial charge in [-0.3, -0.25) is 4.90 Å². The number of sulfonamides is 1. The van der Waals surface area contributed by atoms with E-state index in [1.165, 1.54) is 0 Å². The molecule has 27 heavy (non-hydrogen) atoms. The maximum atomic E-state index is 13.0. The lowest BCUT2D eigenvalue weighted by atomic mass is 10.2. The maximum Gasteiger partial charge on any atom is 0.243 e. The lowest BCUT2D eigenvalue weighted by molar-refractivity contribution is 0.159. The number of para-hydroxylation sites is 1. The van der Waals surface area contributed by atoms with Crippen LogP contribution in [0.1, 0.15) is 5.56 Å².